The van der Waals surface area contributed by atoms with Crippen LogP contribution < -0.4 is 8.61 Å². The number of halogens is 1. The summed E-state index contributed by atoms with van der Waals surface area (Å²) in [5.74, 6) is -0.570. The highest BCUT2D eigenvalue weighted by atomic mass is 32.2. The lowest BCUT2D eigenvalue weighted by Gasteiger charge is -2.38. The smallest absolute Gasteiger partial charge is 0.261 e. The van der Waals surface area contributed by atoms with Crippen molar-refractivity contribution in [2.75, 3.05) is 15.2 Å². The second-order valence-corrected chi connectivity index (χ2v) is 6.58. The molecule has 2 aromatic rings. The van der Waals surface area contributed by atoms with Gasteiger partial charge in [0, 0.05) is 0 Å². The summed E-state index contributed by atoms with van der Waals surface area (Å²) in [4.78, 5) is 30.7. The molecule has 6 nitrogen and oxygen atoms in total. The number of rotatable bonds is 4. The molecule has 3 rings (SSSR count). The molecule has 2 aromatic carbocycles. The van der Waals surface area contributed by atoms with Crippen LogP contribution >= 0.6 is 12.1 Å². The van der Waals surface area contributed by atoms with Crippen molar-refractivity contribution in [3.8, 4) is 0 Å². The molecular weight excluding hydrogens is 357 g/mol. The van der Waals surface area contributed by atoms with Gasteiger partial charge >= 0.3 is 12.1 Å². The minimum atomic E-state index is -0.757. The van der Waals surface area contributed by atoms with Crippen LogP contribution in [-0.2, 0) is 4.84 Å². The van der Waals surface area contributed by atoms with E-state index in [2.05, 4.69) is 0 Å². The summed E-state index contributed by atoms with van der Waals surface area (Å²) >= 11 is 0.824. The van der Waals surface area contributed by atoms with Crippen molar-refractivity contribution in [1.82, 2.24) is 5.06 Å². The molecule has 4 amide bonds. The van der Waals surface area contributed by atoms with Crippen LogP contribution in [-0.4, -0.2) is 23.7 Å². The minimum absolute atomic E-state index is 0.0504. The first kappa shape index (κ1) is 18.2. The Morgan fingerprint density at radius 1 is 1.00 bits per heavy atom. The Morgan fingerprint density at radius 3 is 2.27 bits per heavy atom. The van der Waals surface area contributed by atoms with Gasteiger partial charge in [-0.25, -0.2) is 22.6 Å². The van der Waals surface area contributed by atoms with E-state index in [4.69, 9.17) is 4.84 Å². The number of anilines is 2. The zero-order chi connectivity index (χ0) is 18.8. The number of urea groups is 2. The number of hydrogen-bond donors (Lipinski definition) is 0. The van der Waals surface area contributed by atoms with Gasteiger partial charge in [0.1, 0.15) is 5.82 Å². The maximum absolute atomic E-state index is 14.2. The van der Waals surface area contributed by atoms with E-state index in [1.54, 1.807) is 19.1 Å². The predicted octanol–water partition coefficient (Wildman–Crippen LogP) is 4.83. The number of nitrogens with zero attached hydrogens (tertiary/aromatic N) is 3. The third-order valence-electron chi connectivity index (χ3n) is 3.76. The lowest BCUT2D eigenvalue weighted by Crippen LogP contribution is -2.55. The molecule has 0 saturated carbocycles. The summed E-state index contributed by atoms with van der Waals surface area (Å²) in [6, 6.07) is 10.1. The van der Waals surface area contributed by atoms with Gasteiger partial charge < -0.3 is 0 Å². The molecule has 1 aliphatic heterocycles. The fourth-order valence-electron chi connectivity index (χ4n) is 2.58. The molecule has 0 aliphatic carbocycles. The van der Waals surface area contributed by atoms with Gasteiger partial charge in [0.2, 0.25) is 0 Å². The van der Waals surface area contributed by atoms with E-state index in [-0.39, 0.29) is 12.3 Å². The third-order valence-corrected chi connectivity index (χ3v) is 4.79. The van der Waals surface area contributed by atoms with Crippen LogP contribution in [0.3, 0.4) is 0 Å². The molecule has 0 bridgehead atoms. The van der Waals surface area contributed by atoms with Crippen LogP contribution in [0, 0.1) is 19.7 Å². The highest BCUT2D eigenvalue weighted by Gasteiger charge is 2.42. The zero-order valence-electron chi connectivity index (χ0n) is 14.6. The summed E-state index contributed by atoms with van der Waals surface area (Å²) < 4.78 is 16.7. The van der Waals surface area contributed by atoms with Crippen LogP contribution in [0.5, 0.6) is 0 Å². The van der Waals surface area contributed by atoms with E-state index in [9.17, 15) is 14.0 Å². The number of hydroxylamine groups is 2. The maximum Gasteiger partial charge on any atom is 0.369 e. The molecule has 0 aromatic heterocycles. The molecular formula is C18H18FN3O3S. The number of benzene rings is 2. The van der Waals surface area contributed by atoms with Crippen LogP contribution in [0.1, 0.15) is 18.1 Å². The van der Waals surface area contributed by atoms with Crippen LogP contribution in [0.2, 0.25) is 0 Å². The normalized spacial score (nSPS) is 15.0. The first-order valence-electron chi connectivity index (χ1n) is 8.05. The van der Waals surface area contributed by atoms with Gasteiger partial charge in [-0.05, 0) is 44.5 Å². The molecule has 26 heavy (non-hydrogen) atoms. The van der Waals surface area contributed by atoms with E-state index in [1.807, 2.05) is 26.0 Å². The number of para-hydroxylation sites is 1. The second-order valence-electron chi connectivity index (χ2n) is 5.69. The fourth-order valence-corrected chi connectivity index (χ4v) is 3.56. The largest absolute Gasteiger partial charge is 0.369 e. The number of amides is 4. The lowest BCUT2D eigenvalue weighted by molar-refractivity contribution is -0.0682. The summed E-state index contributed by atoms with van der Waals surface area (Å²) in [5.41, 5.74) is 2.55. The highest BCUT2D eigenvalue weighted by molar-refractivity contribution is 8.03. The number of aryl methyl sites for hydroxylation is 2. The monoisotopic (exact) mass is 375 g/mol. The Balaban J connectivity index is 2.06. The molecule has 1 heterocycles. The van der Waals surface area contributed by atoms with Crippen molar-refractivity contribution in [2.24, 2.45) is 0 Å². The van der Waals surface area contributed by atoms with E-state index >= 15 is 0 Å². The van der Waals surface area contributed by atoms with Crippen molar-refractivity contribution in [1.29, 1.82) is 0 Å². The maximum atomic E-state index is 14.2. The van der Waals surface area contributed by atoms with Gasteiger partial charge in [-0.2, -0.15) is 0 Å². The van der Waals surface area contributed by atoms with E-state index < -0.39 is 17.9 Å². The Labute approximate surface area is 155 Å². The van der Waals surface area contributed by atoms with Crippen molar-refractivity contribution < 1.29 is 18.8 Å². The molecule has 0 radical (unpaired) electrons. The third kappa shape index (κ3) is 3.25. The SMILES string of the molecule is CCON1C(=O)N(c2ccc(C)cc2C)SN(c2ccccc2F)C1=O. The average Bonchev–Trinajstić information content (AvgIpc) is 2.60. The summed E-state index contributed by atoms with van der Waals surface area (Å²) in [7, 11) is 0. The molecule has 136 valence electrons. The number of imide groups is 1. The van der Waals surface area contributed by atoms with Crippen molar-refractivity contribution >= 4 is 35.6 Å². The lowest BCUT2D eigenvalue weighted by atomic mass is 10.1. The topological polar surface area (TPSA) is 53.1 Å². The second kappa shape index (κ2) is 7.35. The molecule has 0 N–H and O–H groups in total. The van der Waals surface area contributed by atoms with Gasteiger partial charge in [0.15, 0.2) is 0 Å². The summed E-state index contributed by atoms with van der Waals surface area (Å²) in [6.07, 6.45) is 0. The highest BCUT2D eigenvalue weighted by Crippen LogP contribution is 2.38. The Hall–Kier alpha value is -2.58. The zero-order valence-corrected chi connectivity index (χ0v) is 15.4. The van der Waals surface area contributed by atoms with Gasteiger partial charge in [-0.3, -0.25) is 4.84 Å². The molecule has 0 spiro atoms. The Bertz CT molecular complexity index is 861. The summed E-state index contributed by atoms with van der Waals surface area (Å²) in [5, 5.41) is 0.655. The van der Waals surface area contributed by atoms with E-state index in [0.717, 1.165) is 27.6 Å². The predicted molar refractivity (Wildman–Crippen MR) is 99.1 cm³/mol. The van der Waals surface area contributed by atoms with E-state index in [1.165, 1.54) is 22.5 Å². The van der Waals surface area contributed by atoms with E-state index in [0.29, 0.717) is 10.8 Å². The molecule has 8 heteroatoms. The number of hydrogen-bond acceptors (Lipinski definition) is 4. The van der Waals surface area contributed by atoms with Crippen LogP contribution in [0.4, 0.5) is 25.4 Å². The number of carbonyl (C=O) groups excluding carboxylic acids is 2. The minimum Gasteiger partial charge on any atom is -0.261 e. The molecule has 1 saturated heterocycles. The fraction of sp³-hybridized carbons (Fsp3) is 0.222. The van der Waals surface area contributed by atoms with Gasteiger partial charge in [-0.15, -0.1) is 5.06 Å². The molecule has 0 unspecified atom stereocenters. The van der Waals surface area contributed by atoms with Crippen molar-refractivity contribution in [2.45, 2.75) is 20.8 Å². The van der Waals surface area contributed by atoms with Crippen molar-refractivity contribution in [3.63, 3.8) is 0 Å². The first-order valence-corrected chi connectivity index (χ1v) is 8.78. The van der Waals surface area contributed by atoms with Crippen molar-refractivity contribution in [3.05, 3.63) is 59.4 Å². The Kier molecular flexibility index (Phi) is 5.15. The average molecular weight is 375 g/mol. The number of carbonyl (C=O) groups is 2. The van der Waals surface area contributed by atoms with Gasteiger partial charge in [0.05, 0.1) is 30.1 Å². The van der Waals surface area contributed by atoms with Crippen LogP contribution in [0.15, 0.2) is 42.5 Å². The van der Waals surface area contributed by atoms with Gasteiger partial charge in [0.25, 0.3) is 0 Å². The standard InChI is InChI=1S/C18H18FN3O3S/c1-4-25-20-17(23)21(15-10-9-12(2)11-13(15)3)26-22(18(20)24)16-8-6-5-7-14(16)19/h5-11H,4H2,1-3H3. The first-order chi connectivity index (χ1) is 12.4. The summed E-state index contributed by atoms with van der Waals surface area (Å²) in [6.45, 7) is 5.60. The Morgan fingerprint density at radius 2 is 1.65 bits per heavy atom. The molecule has 1 aliphatic rings. The van der Waals surface area contributed by atoms with Crippen LogP contribution in [0.25, 0.3) is 0 Å². The van der Waals surface area contributed by atoms with Gasteiger partial charge in [-0.1, -0.05) is 29.8 Å². The molecule has 0 atom stereocenters. The quantitative estimate of drug-likeness (QED) is 0.719. The molecule has 1 fully saturated rings.